The molecular formula is C21H19FN6O2. The third-order valence-electron chi connectivity index (χ3n) is 4.68. The molecule has 0 aliphatic heterocycles. The van der Waals surface area contributed by atoms with Crippen molar-refractivity contribution in [1.29, 1.82) is 0 Å². The predicted molar refractivity (Wildman–Crippen MR) is 111 cm³/mol. The monoisotopic (exact) mass is 406 g/mol. The van der Waals surface area contributed by atoms with Gasteiger partial charge in [0.1, 0.15) is 5.82 Å². The SMILES string of the molecule is Cc1[nH]c2ccc(C(=O)OCc3nc(N)nc(Nc4ccc(F)cc4)n3)cc2c1C. The van der Waals surface area contributed by atoms with E-state index in [-0.39, 0.29) is 30.1 Å². The quantitative estimate of drug-likeness (QED) is 0.431. The lowest BCUT2D eigenvalue weighted by molar-refractivity contribution is 0.0462. The zero-order chi connectivity index (χ0) is 21.3. The van der Waals surface area contributed by atoms with Crippen molar-refractivity contribution in [2.45, 2.75) is 20.5 Å². The standard InChI is InChI=1S/C21H19FN6O2/c1-11-12(2)24-17-8-3-13(9-16(11)17)19(29)30-10-18-26-20(23)28-21(27-18)25-15-6-4-14(22)5-7-15/h3-9,24H,10H2,1-2H3,(H3,23,25,26,27,28). The fourth-order valence-corrected chi connectivity index (χ4v) is 3.02. The average Bonchev–Trinajstić information content (AvgIpc) is 3.01. The topological polar surface area (TPSA) is 119 Å². The Morgan fingerprint density at radius 2 is 1.90 bits per heavy atom. The number of nitrogen functional groups attached to an aromatic ring is 1. The fraction of sp³-hybridized carbons (Fsp3) is 0.143. The molecule has 4 N–H and O–H groups in total. The summed E-state index contributed by atoms with van der Waals surface area (Å²) in [6.07, 6.45) is 0. The minimum absolute atomic E-state index is 0.0273. The lowest BCUT2D eigenvalue weighted by Gasteiger charge is -2.08. The van der Waals surface area contributed by atoms with Gasteiger partial charge in [0.2, 0.25) is 11.9 Å². The molecule has 9 heteroatoms. The summed E-state index contributed by atoms with van der Waals surface area (Å²) in [6, 6.07) is 11.0. The summed E-state index contributed by atoms with van der Waals surface area (Å²) in [5.41, 5.74) is 9.84. The van der Waals surface area contributed by atoms with Gasteiger partial charge in [-0.25, -0.2) is 9.18 Å². The highest BCUT2D eigenvalue weighted by Gasteiger charge is 2.13. The van der Waals surface area contributed by atoms with Crippen LogP contribution in [0.15, 0.2) is 42.5 Å². The van der Waals surface area contributed by atoms with Gasteiger partial charge in [-0.1, -0.05) is 0 Å². The van der Waals surface area contributed by atoms with Crippen molar-refractivity contribution in [3.8, 4) is 0 Å². The highest BCUT2D eigenvalue weighted by atomic mass is 19.1. The van der Waals surface area contributed by atoms with Crippen LogP contribution in [-0.2, 0) is 11.3 Å². The van der Waals surface area contributed by atoms with Gasteiger partial charge in [-0.3, -0.25) is 0 Å². The maximum absolute atomic E-state index is 13.0. The van der Waals surface area contributed by atoms with Crippen LogP contribution in [0.2, 0.25) is 0 Å². The molecule has 0 aliphatic rings. The van der Waals surface area contributed by atoms with Crippen molar-refractivity contribution in [1.82, 2.24) is 19.9 Å². The molecule has 0 amide bonds. The van der Waals surface area contributed by atoms with Gasteiger partial charge in [0, 0.05) is 22.3 Å². The minimum Gasteiger partial charge on any atom is -0.454 e. The molecule has 8 nitrogen and oxygen atoms in total. The summed E-state index contributed by atoms with van der Waals surface area (Å²) in [5, 5.41) is 3.88. The Balaban J connectivity index is 1.47. The number of hydrogen-bond acceptors (Lipinski definition) is 7. The molecule has 2 heterocycles. The summed E-state index contributed by atoms with van der Waals surface area (Å²) in [5.74, 6) is -0.524. The molecule has 152 valence electrons. The maximum atomic E-state index is 13.0. The number of aryl methyl sites for hydroxylation is 2. The number of esters is 1. The largest absolute Gasteiger partial charge is 0.454 e. The third kappa shape index (κ3) is 4.04. The van der Waals surface area contributed by atoms with Gasteiger partial charge in [-0.15, -0.1) is 0 Å². The van der Waals surface area contributed by atoms with E-state index in [2.05, 4.69) is 25.3 Å². The van der Waals surface area contributed by atoms with Gasteiger partial charge in [-0.05, 0) is 61.9 Å². The van der Waals surface area contributed by atoms with E-state index in [1.54, 1.807) is 12.1 Å². The lowest BCUT2D eigenvalue weighted by atomic mass is 10.1. The van der Waals surface area contributed by atoms with E-state index in [0.717, 1.165) is 22.2 Å². The second kappa shape index (κ2) is 7.78. The number of carbonyl (C=O) groups is 1. The molecule has 0 unspecified atom stereocenters. The molecule has 0 saturated carbocycles. The molecule has 0 radical (unpaired) electrons. The van der Waals surface area contributed by atoms with Crippen LogP contribution in [0.1, 0.15) is 27.4 Å². The highest BCUT2D eigenvalue weighted by Crippen LogP contribution is 2.23. The van der Waals surface area contributed by atoms with E-state index in [0.29, 0.717) is 11.3 Å². The predicted octanol–water partition coefficient (Wildman–Crippen LogP) is 3.79. The molecule has 0 saturated heterocycles. The van der Waals surface area contributed by atoms with Gasteiger partial charge < -0.3 is 20.8 Å². The summed E-state index contributed by atoms with van der Waals surface area (Å²) in [7, 11) is 0. The number of rotatable bonds is 5. The number of H-pyrrole nitrogens is 1. The molecule has 0 fully saturated rings. The number of carbonyl (C=O) groups excluding carboxylic acids is 1. The summed E-state index contributed by atoms with van der Waals surface area (Å²) < 4.78 is 18.4. The fourth-order valence-electron chi connectivity index (χ4n) is 3.02. The average molecular weight is 406 g/mol. The first-order valence-corrected chi connectivity index (χ1v) is 9.18. The van der Waals surface area contributed by atoms with Crippen molar-refractivity contribution >= 4 is 34.5 Å². The van der Waals surface area contributed by atoms with E-state index in [1.807, 2.05) is 19.9 Å². The molecule has 0 atom stereocenters. The molecule has 4 aromatic rings. The van der Waals surface area contributed by atoms with Gasteiger partial charge in [0.05, 0.1) is 5.56 Å². The van der Waals surface area contributed by atoms with Crippen LogP contribution in [0.4, 0.5) is 22.0 Å². The van der Waals surface area contributed by atoms with Crippen LogP contribution in [0.5, 0.6) is 0 Å². The van der Waals surface area contributed by atoms with Crippen molar-refractivity contribution < 1.29 is 13.9 Å². The van der Waals surface area contributed by atoms with E-state index < -0.39 is 5.97 Å². The van der Waals surface area contributed by atoms with Crippen LogP contribution in [0, 0.1) is 19.7 Å². The molecular weight excluding hydrogens is 387 g/mol. The Bertz CT molecular complexity index is 1240. The minimum atomic E-state index is -0.498. The number of nitrogens with two attached hydrogens (primary N) is 1. The number of anilines is 3. The number of nitrogens with one attached hydrogen (secondary N) is 2. The first-order chi connectivity index (χ1) is 14.4. The summed E-state index contributed by atoms with van der Waals surface area (Å²) in [4.78, 5) is 27.9. The van der Waals surface area contributed by atoms with Crippen LogP contribution in [0.3, 0.4) is 0 Å². The molecule has 0 aliphatic carbocycles. The second-order valence-corrected chi connectivity index (χ2v) is 6.78. The molecule has 30 heavy (non-hydrogen) atoms. The van der Waals surface area contributed by atoms with Gasteiger partial charge in [-0.2, -0.15) is 15.0 Å². The van der Waals surface area contributed by atoms with E-state index >= 15 is 0 Å². The van der Waals surface area contributed by atoms with Gasteiger partial charge >= 0.3 is 5.97 Å². The molecule has 4 rings (SSSR count). The number of nitrogens with zero attached hydrogens (tertiary/aromatic N) is 3. The summed E-state index contributed by atoms with van der Waals surface area (Å²) >= 11 is 0. The summed E-state index contributed by atoms with van der Waals surface area (Å²) in [6.45, 7) is 3.80. The second-order valence-electron chi connectivity index (χ2n) is 6.78. The highest BCUT2D eigenvalue weighted by molar-refractivity contribution is 5.96. The zero-order valence-corrected chi connectivity index (χ0v) is 16.4. The normalized spacial score (nSPS) is 10.9. The van der Waals surface area contributed by atoms with E-state index in [1.165, 1.54) is 24.3 Å². The van der Waals surface area contributed by atoms with Crippen molar-refractivity contribution in [2.75, 3.05) is 11.1 Å². The zero-order valence-electron chi connectivity index (χ0n) is 16.4. The van der Waals surface area contributed by atoms with Crippen LogP contribution in [0.25, 0.3) is 10.9 Å². The lowest BCUT2D eigenvalue weighted by Crippen LogP contribution is -2.11. The van der Waals surface area contributed by atoms with Gasteiger partial charge in [0.25, 0.3) is 0 Å². The Labute approximate surface area is 171 Å². The molecule has 2 aromatic carbocycles. The van der Waals surface area contributed by atoms with Crippen LogP contribution in [-0.4, -0.2) is 25.9 Å². The smallest absolute Gasteiger partial charge is 0.338 e. The van der Waals surface area contributed by atoms with Crippen LogP contribution < -0.4 is 11.1 Å². The van der Waals surface area contributed by atoms with E-state index in [4.69, 9.17) is 10.5 Å². The number of benzene rings is 2. The van der Waals surface area contributed by atoms with E-state index in [9.17, 15) is 9.18 Å². The Morgan fingerprint density at radius 3 is 2.67 bits per heavy atom. The Morgan fingerprint density at radius 1 is 1.13 bits per heavy atom. The van der Waals surface area contributed by atoms with Crippen molar-refractivity contribution in [2.24, 2.45) is 0 Å². The number of ether oxygens (including phenoxy) is 1. The maximum Gasteiger partial charge on any atom is 0.338 e. The molecule has 0 spiro atoms. The number of hydrogen-bond donors (Lipinski definition) is 3. The van der Waals surface area contributed by atoms with Crippen LogP contribution >= 0.6 is 0 Å². The Kier molecular flexibility index (Phi) is 5.01. The van der Waals surface area contributed by atoms with Gasteiger partial charge in [0.15, 0.2) is 12.4 Å². The first-order valence-electron chi connectivity index (χ1n) is 9.18. The number of fused-ring (bicyclic) bond motifs is 1. The molecule has 2 aromatic heterocycles. The number of halogens is 1. The number of aromatic nitrogens is 4. The first kappa shape index (κ1) is 19.3. The van der Waals surface area contributed by atoms with Crippen molar-refractivity contribution in [3.63, 3.8) is 0 Å². The van der Waals surface area contributed by atoms with Crippen molar-refractivity contribution in [3.05, 3.63) is 70.9 Å². The Hall–Kier alpha value is -4.01. The third-order valence-corrected chi connectivity index (χ3v) is 4.68. The number of aromatic amines is 1. The molecule has 0 bridgehead atoms.